The second-order valence-electron chi connectivity index (χ2n) is 0.926. The van der Waals surface area contributed by atoms with E-state index >= 15 is 0 Å². The van der Waals surface area contributed by atoms with Crippen molar-refractivity contribution in [2.75, 3.05) is 0 Å². The fraction of sp³-hybridized carbons (Fsp3) is 0.500. The van der Waals surface area contributed by atoms with Crippen LogP contribution in [-0.4, -0.2) is 15.4 Å². The molecule has 0 atom stereocenters. The van der Waals surface area contributed by atoms with Gasteiger partial charge in [-0.3, -0.25) is 15.5 Å². The molecule has 0 radical (unpaired) electrons. The van der Waals surface area contributed by atoms with E-state index in [0.717, 1.165) is 0 Å². The molecule has 0 aliphatic carbocycles. The first-order valence-corrected chi connectivity index (χ1v) is 1.55. The average Bonchev–Trinajstić information content (AvgIpc) is 1.86. The summed E-state index contributed by atoms with van der Waals surface area (Å²) in [7, 11) is 0. The normalized spacial score (nSPS) is 7.57. The SMILES string of the molecule is Cc1nn[n-]n1.[Cu+]. The average molecular weight is 147 g/mol. The Morgan fingerprint density at radius 3 is 2.43 bits per heavy atom. The fourth-order valence-corrected chi connectivity index (χ4v) is 0.189. The molecule has 4 nitrogen and oxygen atoms in total. The van der Waals surface area contributed by atoms with Crippen LogP contribution in [0.15, 0.2) is 0 Å². The Morgan fingerprint density at radius 2 is 2.29 bits per heavy atom. The minimum absolute atomic E-state index is 0. The molecule has 1 heterocycles. The van der Waals surface area contributed by atoms with E-state index in [0.29, 0.717) is 5.82 Å². The maximum absolute atomic E-state index is 3.44. The van der Waals surface area contributed by atoms with Gasteiger partial charge in [0.15, 0.2) is 0 Å². The molecule has 0 fully saturated rings. The molecule has 0 N–H and O–H groups in total. The van der Waals surface area contributed by atoms with Crippen LogP contribution in [0.2, 0.25) is 0 Å². The van der Waals surface area contributed by atoms with E-state index in [1.807, 2.05) is 0 Å². The molecule has 0 bridgehead atoms. The zero-order valence-electron chi connectivity index (χ0n) is 3.59. The number of aromatic nitrogens is 4. The van der Waals surface area contributed by atoms with Crippen LogP contribution in [-0.2, 0) is 17.1 Å². The van der Waals surface area contributed by atoms with Crippen molar-refractivity contribution in [2.24, 2.45) is 0 Å². The predicted molar refractivity (Wildman–Crippen MR) is 17.9 cm³/mol. The predicted octanol–water partition coefficient (Wildman–Crippen LogP) is -0.865. The Hall–Kier alpha value is -0.411. The van der Waals surface area contributed by atoms with Crippen LogP contribution in [0.4, 0.5) is 0 Å². The first-order chi connectivity index (χ1) is 2.89. The Bertz CT molecular complexity index is 113. The summed E-state index contributed by atoms with van der Waals surface area (Å²) in [5.74, 6) is 0.620. The van der Waals surface area contributed by atoms with Gasteiger partial charge in [0.25, 0.3) is 0 Å². The molecular weight excluding hydrogens is 144 g/mol. The van der Waals surface area contributed by atoms with Gasteiger partial charge in [0.05, 0.1) is 0 Å². The van der Waals surface area contributed by atoms with Gasteiger partial charge in [-0.2, -0.15) is 0 Å². The summed E-state index contributed by atoms with van der Waals surface area (Å²) in [4.78, 5) is 0. The second-order valence-corrected chi connectivity index (χ2v) is 0.926. The fourth-order valence-electron chi connectivity index (χ4n) is 0.189. The molecule has 7 heavy (non-hydrogen) atoms. The minimum Gasteiger partial charge on any atom is -0.335 e. The largest absolute Gasteiger partial charge is 1.00 e. The summed E-state index contributed by atoms with van der Waals surface area (Å²) in [6.45, 7) is 1.74. The van der Waals surface area contributed by atoms with E-state index in [4.69, 9.17) is 0 Å². The van der Waals surface area contributed by atoms with Crippen molar-refractivity contribution in [1.82, 2.24) is 20.6 Å². The summed E-state index contributed by atoms with van der Waals surface area (Å²) in [6, 6.07) is 0. The van der Waals surface area contributed by atoms with Crippen molar-refractivity contribution in [3.63, 3.8) is 0 Å². The van der Waals surface area contributed by atoms with Gasteiger partial charge in [-0.05, 0) is 6.92 Å². The number of tetrazole rings is 1. The molecule has 5 heteroatoms. The van der Waals surface area contributed by atoms with Gasteiger partial charge in [-0.25, -0.2) is 0 Å². The van der Waals surface area contributed by atoms with Crippen molar-refractivity contribution in [2.45, 2.75) is 6.92 Å². The third kappa shape index (κ3) is 1.66. The number of rotatable bonds is 0. The molecule has 1 aromatic rings. The van der Waals surface area contributed by atoms with E-state index in [1.54, 1.807) is 6.92 Å². The van der Waals surface area contributed by atoms with Gasteiger partial charge in [0, 0.05) is 5.82 Å². The summed E-state index contributed by atoms with van der Waals surface area (Å²) in [5, 5.41) is 13.3. The summed E-state index contributed by atoms with van der Waals surface area (Å²) in [5.41, 5.74) is 0. The molecule has 0 aliphatic rings. The van der Waals surface area contributed by atoms with E-state index in [9.17, 15) is 0 Å². The molecule has 0 spiro atoms. The van der Waals surface area contributed by atoms with Crippen LogP contribution in [0.1, 0.15) is 5.82 Å². The van der Waals surface area contributed by atoms with E-state index in [1.165, 1.54) is 0 Å². The zero-order valence-corrected chi connectivity index (χ0v) is 4.53. The van der Waals surface area contributed by atoms with Crippen molar-refractivity contribution in [1.29, 1.82) is 0 Å². The first kappa shape index (κ1) is 6.59. The number of hydrogen-bond donors (Lipinski definition) is 0. The van der Waals surface area contributed by atoms with Crippen molar-refractivity contribution in [3.8, 4) is 0 Å². The summed E-state index contributed by atoms with van der Waals surface area (Å²) >= 11 is 0. The first-order valence-electron chi connectivity index (χ1n) is 1.55. The van der Waals surface area contributed by atoms with Crippen LogP contribution in [0, 0.1) is 6.92 Å². The molecule has 0 amide bonds. The van der Waals surface area contributed by atoms with Crippen LogP contribution in [0.25, 0.3) is 0 Å². The smallest absolute Gasteiger partial charge is 0.335 e. The van der Waals surface area contributed by atoms with Crippen LogP contribution >= 0.6 is 0 Å². The molecular formula is C2H3CuN4. The van der Waals surface area contributed by atoms with Crippen LogP contribution < -0.4 is 5.21 Å². The molecule has 1 aromatic heterocycles. The van der Waals surface area contributed by atoms with Gasteiger partial charge in [0.1, 0.15) is 0 Å². The van der Waals surface area contributed by atoms with Gasteiger partial charge < -0.3 is 5.10 Å². The van der Waals surface area contributed by atoms with Crippen molar-refractivity contribution < 1.29 is 17.1 Å². The van der Waals surface area contributed by atoms with Crippen LogP contribution in [0.5, 0.6) is 0 Å². The quantitative estimate of drug-likeness (QED) is 0.447. The Labute approximate surface area is 51.2 Å². The monoisotopic (exact) mass is 146 g/mol. The third-order valence-corrected chi connectivity index (χ3v) is 0.419. The maximum Gasteiger partial charge on any atom is 1.00 e. The molecule has 0 unspecified atom stereocenters. The number of hydrogen-bond acceptors (Lipinski definition) is 3. The Morgan fingerprint density at radius 1 is 1.57 bits per heavy atom. The van der Waals surface area contributed by atoms with Crippen molar-refractivity contribution in [3.05, 3.63) is 5.82 Å². The Kier molecular flexibility index (Phi) is 2.55. The van der Waals surface area contributed by atoms with Crippen LogP contribution in [0.3, 0.4) is 0 Å². The molecule has 0 aromatic carbocycles. The summed E-state index contributed by atoms with van der Waals surface area (Å²) in [6.07, 6.45) is 0. The Balaban J connectivity index is 0.000000360. The van der Waals surface area contributed by atoms with Gasteiger partial charge in [-0.1, -0.05) is 0 Å². The van der Waals surface area contributed by atoms with E-state index < -0.39 is 0 Å². The molecule has 0 aliphatic heterocycles. The van der Waals surface area contributed by atoms with Gasteiger partial charge >= 0.3 is 17.1 Å². The molecule has 0 saturated heterocycles. The molecule has 0 saturated carbocycles. The van der Waals surface area contributed by atoms with Gasteiger partial charge in [0.2, 0.25) is 0 Å². The maximum atomic E-state index is 3.44. The zero-order chi connectivity index (χ0) is 4.41. The molecule has 1 rings (SSSR count). The standard InChI is InChI=1S/C2H3N4.Cu/c1-2-3-5-6-4-2;/h1H3;/q-1;+1. The third-order valence-electron chi connectivity index (χ3n) is 0.419. The topological polar surface area (TPSA) is 52.8 Å². The number of aryl methyl sites for hydroxylation is 1. The molecule has 42 valence electrons. The second kappa shape index (κ2) is 2.71. The van der Waals surface area contributed by atoms with Gasteiger partial charge in [-0.15, -0.1) is 0 Å². The number of nitrogens with zero attached hydrogens (tertiary/aromatic N) is 4. The van der Waals surface area contributed by atoms with E-state index in [-0.39, 0.29) is 17.1 Å². The van der Waals surface area contributed by atoms with Crippen molar-refractivity contribution >= 4 is 0 Å². The minimum atomic E-state index is 0. The van der Waals surface area contributed by atoms with E-state index in [2.05, 4.69) is 20.6 Å². The summed E-state index contributed by atoms with van der Waals surface area (Å²) < 4.78 is 0.